The predicted octanol–water partition coefficient (Wildman–Crippen LogP) is 3.72. The molecule has 0 aliphatic carbocycles. The Balaban J connectivity index is 2.04. The monoisotopic (exact) mass is 317 g/mol. The van der Waals surface area contributed by atoms with Crippen molar-refractivity contribution in [1.82, 2.24) is 10.3 Å². The van der Waals surface area contributed by atoms with Crippen molar-refractivity contribution in [3.05, 3.63) is 54.0 Å². The van der Waals surface area contributed by atoms with Gasteiger partial charge in [-0.05, 0) is 50.6 Å². The highest BCUT2D eigenvalue weighted by Gasteiger charge is 2.15. The van der Waals surface area contributed by atoms with Crippen molar-refractivity contribution in [2.45, 2.75) is 32.9 Å². The zero-order chi connectivity index (χ0) is 16.9. The Labute approximate surface area is 134 Å². The van der Waals surface area contributed by atoms with Crippen LogP contribution >= 0.6 is 0 Å². The number of hydrogen-bond acceptors (Lipinski definition) is 3. The van der Waals surface area contributed by atoms with Crippen LogP contribution < -0.4 is 15.4 Å². The summed E-state index contributed by atoms with van der Waals surface area (Å²) in [6, 6.07) is 9.18. The van der Waals surface area contributed by atoms with Crippen LogP contribution in [0.1, 0.15) is 26.3 Å². The molecule has 1 aromatic heterocycles. The lowest BCUT2D eigenvalue weighted by Gasteiger charge is -2.21. The first-order valence-electron chi connectivity index (χ1n) is 7.25. The van der Waals surface area contributed by atoms with Gasteiger partial charge >= 0.3 is 6.03 Å². The number of halogens is 1. The summed E-state index contributed by atoms with van der Waals surface area (Å²) >= 11 is 0. The number of urea groups is 1. The van der Waals surface area contributed by atoms with Crippen LogP contribution in [0, 0.1) is 5.82 Å². The Morgan fingerprint density at radius 3 is 2.74 bits per heavy atom. The third-order valence-electron chi connectivity index (χ3n) is 2.77. The number of amides is 2. The molecule has 0 atom stereocenters. The largest absolute Gasteiger partial charge is 0.485 e. The van der Waals surface area contributed by atoms with Gasteiger partial charge in [-0.15, -0.1) is 0 Å². The van der Waals surface area contributed by atoms with Gasteiger partial charge in [0.15, 0.2) is 11.6 Å². The molecule has 23 heavy (non-hydrogen) atoms. The Hall–Kier alpha value is -2.63. The van der Waals surface area contributed by atoms with E-state index in [0.717, 1.165) is 0 Å². The molecule has 0 aliphatic heterocycles. The summed E-state index contributed by atoms with van der Waals surface area (Å²) in [5.41, 5.74) is 0.334. The molecule has 6 heteroatoms. The summed E-state index contributed by atoms with van der Waals surface area (Å²) < 4.78 is 18.8. The van der Waals surface area contributed by atoms with Crippen molar-refractivity contribution in [2.75, 3.05) is 5.32 Å². The molecular formula is C17H20FN3O2. The Morgan fingerprint density at radius 2 is 2.04 bits per heavy atom. The van der Waals surface area contributed by atoms with Gasteiger partial charge in [-0.3, -0.25) is 5.32 Å². The van der Waals surface area contributed by atoms with E-state index < -0.39 is 0 Å². The molecule has 2 rings (SSSR count). The fourth-order valence-corrected chi connectivity index (χ4v) is 1.87. The summed E-state index contributed by atoms with van der Waals surface area (Å²) in [4.78, 5) is 16.0. The summed E-state index contributed by atoms with van der Waals surface area (Å²) in [5, 5.41) is 5.44. The average Bonchev–Trinajstić information content (AvgIpc) is 2.44. The van der Waals surface area contributed by atoms with Gasteiger partial charge in [0.25, 0.3) is 0 Å². The van der Waals surface area contributed by atoms with Gasteiger partial charge in [0.1, 0.15) is 12.4 Å². The van der Waals surface area contributed by atoms with E-state index in [1.807, 2.05) is 20.8 Å². The van der Waals surface area contributed by atoms with Crippen LogP contribution in [0.2, 0.25) is 0 Å². The standard InChI is InChI=1S/C17H20FN3O2/c1-17(2,3)21-16(22)20-15-14(8-5-9-19-15)23-11-12-6-4-7-13(18)10-12/h4-10H,11H2,1-3H3,(H2,19,20,21,22). The van der Waals surface area contributed by atoms with Crippen LogP contribution in [0.25, 0.3) is 0 Å². The molecule has 2 aromatic rings. The first-order valence-corrected chi connectivity index (χ1v) is 7.25. The molecule has 2 amide bonds. The number of ether oxygens (including phenoxy) is 1. The molecule has 1 aromatic carbocycles. The van der Waals surface area contributed by atoms with Gasteiger partial charge in [0.05, 0.1) is 0 Å². The van der Waals surface area contributed by atoms with Crippen LogP contribution in [0.3, 0.4) is 0 Å². The fourth-order valence-electron chi connectivity index (χ4n) is 1.87. The van der Waals surface area contributed by atoms with Crippen molar-refractivity contribution < 1.29 is 13.9 Å². The first-order chi connectivity index (χ1) is 10.8. The molecule has 5 nitrogen and oxygen atoms in total. The SMILES string of the molecule is CC(C)(C)NC(=O)Nc1ncccc1OCc1cccc(F)c1. The normalized spacial score (nSPS) is 11.0. The molecule has 0 radical (unpaired) electrons. The molecule has 0 saturated carbocycles. The van der Waals surface area contributed by atoms with E-state index in [0.29, 0.717) is 17.1 Å². The zero-order valence-electron chi connectivity index (χ0n) is 13.4. The van der Waals surface area contributed by atoms with Crippen molar-refractivity contribution in [1.29, 1.82) is 0 Å². The lowest BCUT2D eigenvalue weighted by molar-refractivity contribution is 0.243. The van der Waals surface area contributed by atoms with Crippen LogP contribution in [-0.4, -0.2) is 16.6 Å². The zero-order valence-corrected chi connectivity index (χ0v) is 13.4. The topological polar surface area (TPSA) is 63.2 Å². The number of nitrogens with one attached hydrogen (secondary N) is 2. The average molecular weight is 317 g/mol. The van der Waals surface area contributed by atoms with Crippen molar-refractivity contribution in [2.24, 2.45) is 0 Å². The van der Waals surface area contributed by atoms with E-state index in [4.69, 9.17) is 4.74 Å². The van der Waals surface area contributed by atoms with Crippen LogP contribution in [0.4, 0.5) is 15.0 Å². The lowest BCUT2D eigenvalue weighted by atomic mass is 10.1. The number of aromatic nitrogens is 1. The number of pyridine rings is 1. The van der Waals surface area contributed by atoms with Crippen molar-refractivity contribution >= 4 is 11.8 Å². The van der Waals surface area contributed by atoms with Crippen LogP contribution in [0.5, 0.6) is 5.75 Å². The fraction of sp³-hybridized carbons (Fsp3) is 0.294. The minimum atomic E-state index is -0.369. The van der Waals surface area contributed by atoms with Crippen molar-refractivity contribution in [3.8, 4) is 5.75 Å². The molecule has 2 N–H and O–H groups in total. The summed E-state index contributed by atoms with van der Waals surface area (Å²) in [7, 11) is 0. The highest BCUT2D eigenvalue weighted by atomic mass is 19.1. The van der Waals surface area contributed by atoms with Gasteiger partial charge in [-0.1, -0.05) is 12.1 Å². The van der Waals surface area contributed by atoms with E-state index in [1.165, 1.54) is 12.1 Å². The molecule has 0 bridgehead atoms. The number of benzene rings is 1. The van der Waals surface area contributed by atoms with E-state index in [9.17, 15) is 9.18 Å². The van der Waals surface area contributed by atoms with Crippen molar-refractivity contribution in [3.63, 3.8) is 0 Å². The number of carbonyl (C=O) groups excluding carboxylic acids is 1. The second kappa shape index (κ2) is 7.09. The van der Waals surface area contributed by atoms with Gasteiger partial charge in [0, 0.05) is 11.7 Å². The van der Waals surface area contributed by atoms with Gasteiger partial charge in [-0.25, -0.2) is 14.2 Å². The van der Waals surface area contributed by atoms with E-state index >= 15 is 0 Å². The van der Waals surface area contributed by atoms with Crippen LogP contribution in [0.15, 0.2) is 42.6 Å². The molecule has 0 aliphatic rings. The second-order valence-electron chi connectivity index (χ2n) is 6.10. The van der Waals surface area contributed by atoms with Gasteiger partial charge in [-0.2, -0.15) is 0 Å². The number of anilines is 1. The maximum absolute atomic E-state index is 13.2. The molecular weight excluding hydrogens is 297 g/mol. The molecule has 0 unspecified atom stereocenters. The van der Waals surface area contributed by atoms with E-state index in [-0.39, 0.29) is 24.0 Å². The van der Waals surface area contributed by atoms with E-state index in [1.54, 1.807) is 30.5 Å². The van der Waals surface area contributed by atoms with Gasteiger partial charge < -0.3 is 10.1 Å². The predicted molar refractivity (Wildman–Crippen MR) is 86.9 cm³/mol. The minimum absolute atomic E-state index is 0.180. The minimum Gasteiger partial charge on any atom is -0.485 e. The Kier molecular flexibility index (Phi) is 5.16. The van der Waals surface area contributed by atoms with E-state index in [2.05, 4.69) is 15.6 Å². The lowest BCUT2D eigenvalue weighted by Crippen LogP contribution is -2.43. The Morgan fingerprint density at radius 1 is 1.26 bits per heavy atom. The molecule has 1 heterocycles. The maximum atomic E-state index is 13.2. The number of hydrogen-bond donors (Lipinski definition) is 2. The first kappa shape index (κ1) is 16.7. The third kappa shape index (κ3) is 5.58. The number of carbonyl (C=O) groups is 1. The maximum Gasteiger partial charge on any atom is 0.320 e. The summed E-state index contributed by atoms with van der Waals surface area (Å²) in [6.45, 7) is 5.82. The van der Waals surface area contributed by atoms with Gasteiger partial charge in [0.2, 0.25) is 0 Å². The number of nitrogens with zero attached hydrogens (tertiary/aromatic N) is 1. The Bertz CT molecular complexity index is 684. The summed E-state index contributed by atoms with van der Waals surface area (Å²) in [6.07, 6.45) is 1.56. The number of rotatable bonds is 4. The molecule has 0 spiro atoms. The molecule has 0 fully saturated rings. The molecule has 0 saturated heterocycles. The molecule has 122 valence electrons. The second-order valence-corrected chi connectivity index (χ2v) is 6.10. The highest BCUT2D eigenvalue weighted by Crippen LogP contribution is 2.22. The smallest absolute Gasteiger partial charge is 0.320 e. The summed E-state index contributed by atoms with van der Waals surface area (Å²) in [5.74, 6) is 0.409. The highest BCUT2D eigenvalue weighted by molar-refractivity contribution is 5.90. The van der Waals surface area contributed by atoms with Crippen LogP contribution in [-0.2, 0) is 6.61 Å². The quantitative estimate of drug-likeness (QED) is 0.903. The third-order valence-corrected chi connectivity index (χ3v) is 2.77.